The molecule has 0 saturated carbocycles. The standard InChI is InChI=1S/2C4H5N2O2.Cd/c2*1-2-8-4(7)3-6-5;/h2*2H2,1H3;/q2*-1;+2. The molecule has 0 amide bonds. The first-order valence-corrected chi connectivity index (χ1v) is 4.16. The number of esters is 2. The van der Waals surface area contributed by atoms with Gasteiger partial charge in [0.15, 0.2) is 0 Å². The van der Waals surface area contributed by atoms with Crippen LogP contribution < -0.4 is 0 Å². The molecule has 0 aromatic carbocycles. The van der Waals surface area contributed by atoms with E-state index in [1.807, 2.05) is 0 Å². The van der Waals surface area contributed by atoms with E-state index < -0.39 is 11.9 Å². The Kier molecular flexibility index (Phi) is 21.0. The van der Waals surface area contributed by atoms with Crippen molar-refractivity contribution in [3.05, 3.63) is 11.1 Å². The van der Waals surface area contributed by atoms with Gasteiger partial charge in [0.05, 0.1) is 25.6 Å². The molecule has 0 radical (unpaired) electrons. The number of carbonyl (C=O) groups is 2. The monoisotopic (exact) mass is 340 g/mol. The second-order valence-corrected chi connectivity index (χ2v) is 1.86. The molecule has 0 spiro atoms. The Bertz CT molecular complexity index is 289. The third-order valence-corrected chi connectivity index (χ3v) is 0.833. The van der Waals surface area contributed by atoms with Gasteiger partial charge in [0.1, 0.15) is 0 Å². The molecule has 0 atom stereocenters. The number of nitrogens with zero attached hydrogens (tertiary/aromatic N) is 4. The molecule has 88 valence electrons. The van der Waals surface area contributed by atoms with Crippen LogP contribution in [-0.2, 0) is 46.4 Å². The molecule has 0 fully saturated rings. The molecule has 9 heteroatoms. The van der Waals surface area contributed by atoms with Gasteiger partial charge in [-0.2, -0.15) is 0 Å². The van der Waals surface area contributed by atoms with E-state index in [2.05, 4.69) is 19.1 Å². The van der Waals surface area contributed by atoms with Gasteiger partial charge in [0, 0.05) is 0 Å². The largest absolute Gasteiger partial charge is 2.00 e. The fraction of sp³-hybridized carbons (Fsp3) is 0.500. The summed E-state index contributed by atoms with van der Waals surface area (Å²) >= 11 is 0. The molecule has 17 heavy (non-hydrogen) atoms. The van der Waals surface area contributed by atoms with Crippen LogP contribution in [0.25, 0.3) is 11.1 Å². The fourth-order valence-electron chi connectivity index (χ4n) is 0.408. The predicted molar refractivity (Wildman–Crippen MR) is 50.5 cm³/mol. The molecule has 8 nitrogen and oxygen atoms in total. The zero-order valence-electron chi connectivity index (χ0n) is 9.54. The summed E-state index contributed by atoms with van der Waals surface area (Å²) in [6.45, 7) is 3.83. The van der Waals surface area contributed by atoms with Gasteiger partial charge in [0.2, 0.25) is 11.9 Å². The summed E-state index contributed by atoms with van der Waals surface area (Å²) in [5.74, 6) is -1.51. The van der Waals surface area contributed by atoms with Crippen molar-refractivity contribution in [3.63, 3.8) is 0 Å². The molecule has 0 aliphatic heterocycles. The van der Waals surface area contributed by atoms with Crippen LogP contribution in [0.15, 0.2) is 0 Å². The summed E-state index contributed by atoms with van der Waals surface area (Å²) in [4.78, 5) is 24.8. The van der Waals surface area contributed by atoms with E-state index in [4.69, 9.17) is 11.1 Å². The number of carbonyl (C=O) groups excluding carboxylic acids is 2. The van der Waals surface area contributed by atoms with Crippen LogP contribution in [0.5, 0.6) is 0 Å². The van der Waals surface area contributed by atoms with E-state index in [1.165, 1.54) is 0 Å². The first kappa shape index (κ1) is 21.0. The SMILES string of the molecule is CCOC(=O)[C-]=[N+]=[N-].CCOC(=O)[C-]=[N+]=[N-].[Cd+2]. The van der Waals surface area contributed by atoms with E-state index in [0.29, 0.717) is 0 Å². The Hall–Kier alpha value is -1.38. The average Bonchev–Trinajstić information content (AvgIpc) is 2.20. The molecule has 0 aliphatic rings. The molecule has 0 rings (SSSR count). The van der Waals surface area contributed by atoms with Crippen LogP contribution in [0.1, 0.15) is 13.8 Å². The molecule has 0 unspecified atom stereocenters. The van der Waals surface area contributed by atoms with Crippen LogP contribution in [-0.4, -0.2) is 47.2 Å². The summed E-state index contributed by atoms with van der Waals surface area (Å²) in [6, 6.07) is 0. The van der Waals surface area contributed by atoms with Crippen LogP contribution in [0.4, 0.5) is 0 Å². The zero-order chi connectivity index (χ0) is 12.8. The summed E-state index contributed by atoms with van der Waals surface area (Å²) < 4.78 is 8.56. The number of rotatable bonds is 4. The van der Waals surface area contributed by atoms with Gasteiger partial charge in [-0.05, 0) is 13.8 Å². The molecule has 0 saturated heterocycles. The van der Waals surface area contributed by atoms with Gasteiger partial charge in [-0.1, -0.05) is 0 Å². The molecular formula is C8H10CdN4O4. The van der Waals surface area contributed by atoms with Gasteiger partial charge in [-0.25, -0.2) is 0 Å². The van der Waals surface area contributed by atoms with Crippen molar-refractivity contribution in [2.24, 2.45) is 0 Å². The van der Waals surface area contributed by atoms with Gasteiger partial charge in [-0.3, -0.25) is 9.59 Å². The van der Waals surface area contributed by atoms with Crippen LogP contribution in [0, 0.1) is 0 Å². The van der Waals surface area contributed by atoms with Crippen LogP contribution >= 0.6 is 0 Å². The first-order chi connectivity index (χ1) is 7.62. The average molecular weight is 339 g/mol. The second-order valence-electron chi connectivity index (χ2n) is 1.86. The molecule has 0 heterocycles. The molecular weight excluding hydrogens is 329 g/mol. The predicted octanol–water partition coefficient (Wildman–Crippen LogP) is -0.548. The Morgan fingerprint density at radius 3 is 1.47 bits per heavy atom. The Morgan fingerprint density at radius 2 is 1.29 bits per heavy atom. The minimum Gasteiger partial charge on any atom is -0.485 e. The van der Waals surface area contributed by atoms with Crippen molar-refractivity contribution in [2.75, 3.05) is 13.2 Å². The quantitative estimate of drug-likeness (QED) is 0.170. The number of hydrogen-bond acceptors (Lipinski definition) is 4. The van der Waals surface area contributed by atoms with Gasteiger partial charge < -0.3 is 30.1 Å². The van der Waals surface area contributed by atoms with Crippen molar-refractivity contribution in [1.82, 2.24) is 0 Å². The van der Waals surface area contributed by atoms with E-state index in [9.17, 15) is 9.59 Å². The van der Waals surface area contributed by atoms with Crippen molar-refractivity contribution < 1.29 is 55.9 Å². The van der Waals surface area contributed by atoms with E-state index >= 15 is 0 Å². The maximum Gasteiger partial charge on any atom is 2.00 e. The fourth-order valence-corrected chi connectivity index (χ4v) is 0.408. The zero-order valence-corrected chi connectivity index (χ0v) is 13.6. The Balaban J connectivity index is -0.000000218. The third-order valence-electron chi connectivity index (χ3n) is 0.833. The Morgan fingerprint density at radius 1 is 1.00 bits per heavy atom. The molecule has 0 aromatic heterocycles. The number of hydrogen-bond donors (Lipinski definition) is 0. The normalized spacial score (nSPS) is 6.71. The van der Waals surface area contributed by atoms with Crippen LogP contribution in [0.3, 0.4) is 0 Å². The van der Waals surface area contributed by atoms with Crippen molar-refractivity contribution >= 4 is 24.4 Å². The first-order valence-electron chi connectivity index (χ1n) is 4.16. The Labute approximate surface area is 118 Å². The maximum atomic E-state index is 10.1. The van der Waals surface area contributed by atoms with E-state index in [0.717, 1.165) is 0 Å². The molecule has 0 N–H and O–H groups in total. The van der Waals surface area contributed by atoms with E-state index in [1.54, 1.807) is 26.3 Å². The minimum absolute atomic E-state index is 0. The number of ether oxygens (including phenoxy) is 2. The van der Waals surface area contributed by atoms with Crippen molar-refractivity contribution in [1.29, 1.82) is 0 Å². The molecule has 0 aromatic rings. The molecule has 0 aliphatic carbocycles. The molecule has 0 bridgehead atoms. The minimum atomic E-state index is -0.755. The van der Waals surface area contributed by atoms with Crippen molar-refractivity contribution in [3.8, 4) is 0 Å². The van der Waals surface area contributed by atoms with Crippen molar-refractivity contribution in [2.45, 2.75) is 13.8 Å². The van der Waals surface area contributed by atoms with Gasteiger partial charge >= 0.3 is 27.3 Å². The van der Waals surface area contributed by atoms with E-state index in [-0.39, 0.29) is 40.5 Å². The summed E-state index contributed by atoms with van der Waals surface area (Å²) in [7, 11) is 0. The maximum absolute atomic E-state index is 10.1. The van der Waals surface area contributed by atoms with Crippen LogP contribution in [0.2, 0.25) is 0 Å². The summed E-state index contributed by atoms with van der Waals surface area (Å²) in [6.07, 6.45) is 3.33. The summed E-state index contributed by atoms with van der Waals surface area (Å²) in [5.41, 5.74) is 15.4. The topological polar surface area (TPSA) is 125 Å². The summed E-state index contributed by atoms with van der Waals surface area (Å²) in [5, 5.41) is 0. The smallest absolute Gasteiger partial charge is 0.485 e. The van der Waals surface area contributed by atoms with Gasteiger partial charge in [-0.15, -0.1) is 0 Å². The van der Waals surface area contributed by atoms with Gasteiger partial charge in [0.25, 0.3) is 0 Å². The second kappa shape index (κ2) is 17.0. The third kappa shape index (κ3) is 20.6.